The van der Waals surface area contributed by atoms with Crippen LogP contribution in [0.2, 0.25) is 0 Å². The van der Waals surface area contributed by atoms with E-state index in [4.69, 9.17) is 5.73 Å². The molecule has 1 amide bonds. The van der Waals surface area contributed by atoms with Gasteiger partial charge in [-0.3, -0.25) is 4.79 Å². The highest BCUT2D eigenvalue weighted by Crippen LogP contribution is 2.09. The summed E-state index contributed by atoms with van der Waals surface area (Å²) in [5.74, 6) is -0.157. The minimum absolute atomic E-state index is 0.157. The molecule has 3 N–H and O–H groups in total. The van der Waals surface area contributed by atoms with Crippen LogP contribution < -0.4 is 11.1 Å². The molecule has 0 bridgehead atoms. The van der Waals surface area contributed by atoms with E-state index in [1.165, 1.54) is 0 Å². The highest BCUT2D eigenvalue weighted by atomic mass is 16.1. The van der Waals surface area contributed by atoms with Gasteiger partial charge in [0.1, 0.15) is 0 Å². The van der Waals surface area contributed by atoms with E-state index in [0.29, 0.717) is 17.8 Å². The lowest BCUT2D eigenvalue weighted by atomic mass is 10.1. The Kier molecular flexibility index (Phi) is 4.34. The first kappa shape index (κ1) is 12.9. The first-order valence-corrected chi connectivity index (χ1v) is 6.11. The lowest BCUT2D eigenvalue weighted by molar-refractivity contribution is 0.0959. The standard InChI is InChI=1S/C16H16N2O/c17-15-11-5-4-10-14(15)16(19)18-12-6-9-13-7-2-1-3-8-13/h1-11H,12,17H2,(H,18,19)/b9-6+. The average molecular weight is 252 g/mol. The molecule has 0 aliphatic carbocycles. The van der Waals surface area contributed by atoms with Crippen LogP contribution in [-0.4, -0.2) is 12.5 Å². The Bertz CT molecular complexity index is 576. The number of nitrogens with two attached hydrogens (primary N) is 1. The van der Waals surface area contributed by atoms with Crippen molar-refractivity contribution in [2.45, 2.75) is 0 Å². The van der Waals surface area contributed by atoms with Gasteiger partial charge in [-0.05, 0) is 17.7 Å². The second kappa shape index (κ2) is 6.40. The Balaban J connectivity index is 1.88. The Hall–Kier alpha value is -2.55. The SMILES string of the molecule is Nc1ccccc1C(=O)NC/C=C/c1ccccc1. The van der Waals surface area contributed by atoms with Crippen molar-refractivity contribution in [3.8, 4) is 0 Å². The van der Waals surface area contributed by atoms with Crippen molar-refractivity contribution in [1.82, 2.24) is 5.32 Å². The summed E-state index contributed by atoms with van der Waals surface area (Å²) >= 11 is 0. The fourth-order valence-electron chi connectivity index (χ4n) is 1.71. The Labute approximate surface area is 112 Å². The van der Waals surface area contributed by atoms with Gasteiger partial charge in [0, 0.05) is 12.2 Å². The highest BCUT2D eigenvalue weighted by molar-refractivity contribution is 5.99. The molecule has 0 fully saturated rings. The number of amides is 1. The van der Waals surface area contributed by atoms with E-state index in [9.17, 15) is 4.79 Å². The summed E-state index contributed by atoms with van der Waals surface area (Å²) in [5, 5.41) is 2.80. The summed E-state index contributed by atoms with van der Waals surface area (Å²) in [6.45, 7) is 0.474. The maximum Gasteiger partial charge on any atom is 0.253 e. The molecule has 0 saturated carbocycles. The molecule has 0 aromatic heterocycles. The molecular weight excluding hydrogens is 236 g/mol. The van der Waals surface area contributed by atoms with Crippen molar-refractivity contribution < 1.29 is 4.79 Å². The lowest BCUT2D eigenvalue weighted by Gasteiger charge is -2.04. The van der Waals surface area contributed by atoms with Crippen LogP contribution in [0.15, 0.2) is 60.7 Å². The lowest BCUT2D eigenvalue weighted by Crippen LogP contribution is -2.24. The molecule has 2 rings (SSSR count). The largest absolute Gasteiger partial charge is 0.398 e. The molecule has 0 saturated heterocycles. The van der Waals surface area contributed by atoms with Crippen LogP contribution in [0, 0.1) is 0 Å². The van der Waals surface area contributed by atoms with E-state index in [0.717, 1.165) is 5.56 Å². The van der Waals surface area contributed by atoms with Crippen LogP contribution in [0.25, 0.3) is 6.08 Å². The van der Waals surface area contributed by atoms with Crippen molar-refractivity contribution in [2.75, 3.05) is 12.3 Å². The van der Waals surface area contributed by atoms with E-state index in [-0.39, 0.29) is 5.91 Å². The molecule has 0 aliphatic heterocycles. The fraction of sp³-hybridized carbons (Fsp3) is 0.0625. The van der Waals surface area contributed by atoms with Gasteiger partial charge in [-0.25, -0.2) is 0 Å². The van der Waals surface area contributed by atoms with E-state index in [1.807, 2.05) is 42.5 Å². The molecule has 0 radical (unpaired) electrons. The minimum atomic E-state index is -0.157. The number of benzene rings is 2. The van der Waals surface area contributed by atoms with E-state index >= 15 is 0 Å². The maximum absolute atomic E-state index is 11.9. The normalized spacial score (nSPS) is 10.5. The van der Waals surface area contributed by atoms with Crippen LogP contribution in [0.1, 0.15) is 15.9 Å². The molecule has 0 heterocycles. The molecule has 3 nitrogen and oxygen atoms in total. The molecule has 0 spiro atoms. The first-order chi connectivity index (χ1) is 9.27. The number of carbonyl (C=O) groups is 1. The summed E-state index contributed by atoms with van der Waals surface area (Å²) in [6, 6.07) is 17.0. The third-order valence-electron chi connectivity index (χ3n) is 2.70. The number of nitrogens with one attached hydrogen (secondary N) is 1. The van der Waals surface area contributed by atoms with Crippen LogP contribution in [0.4, 0.5) is 5.69 Å². The third-order valence-corrected chi connectivity index (χ3v) is 2.70. The summed E-state index contributed by atoms with van der Waals surface area (Å²) in [4.78, 5) is 11.9. The zero-order chi connectivity index (χ0) is 13.5. The van der Waals surface area contributed by atoms with Crippen LogP contribution in [0.5, 0.6) is 0 Å². The zero-order valence-electron chi connectivity index (χ0n) is 10.5. The summed E-state index contributed by atoms with van der Waals surface area (Å²) in [6.07, 6.45) is 3.88. The molecule has 19 heavy (non-hydrogen) atoms. The van der Waals surface area contributed by atoms with Crippen LogP contribution in [-0.2, 0) is 0 Å². The summed E-state index contributed by atoms with van der Waals surface area (Å²) in [7, 11) is 0. The van der Waals surface area contributed by atoms with Gasteiger partial charge in [-0.2, -0.15) is 0 Å². The average Bonchev–Trinajstić information content (AvgIpc) is 2.45. The number of hydrogen-bond donors (Lipinski definition) is 2. The van der Waals surface area contributed by atoms with Crippen LogP contribution in [0.3, 0.4) is 0 Å². The quantitative estimate of drug-likeness (QED) is 0.822. The third kappa shape index (κ3) is 3.71. The smallest absolute Gasteiger partial charge is 0.253 e. The summed E-state index contributed by atoms with van der Waals surface area (Å²) < 4.78 is 0. The number of carbonyl (C=O) groups excluding carboxylic acids is 1. The van der Waals surface area contributed by atoms with Gasteiger partial charge < -0.3 is 11.1 Å². The van der Waals surface area contributed by atoms with Crippen molar-refractivity contribution in [2.24, 2.45) is 0 Å². The highest BCUT2D eigenvalue weighted by Gasteiger charge is 2.06. The number of rotatable bonds is 4. The van der Waals surface area contributed by atoms with Crippen molar-refractivity contribution >= 4 is 17.7 Å². The van der Waals surface area contributed by atoms with Crippen LogP contribution >= 0.6 is 0 Å². The van der Waals surface area contributed by atoms with Gasteiger partial charge >= 0.3 is 0 Å². The van der Waals surface area contributed by atoms with Gasteiger partial charge in [-0.1, -0.05) is 54.6 Å². The number of anilines is 1. The van der Waals surface area contributed by atoms with Gasteiger partial charge in [-0.15, -0.1) is 0 Å². The molecule has 2 aromatic rings. The molecular formula is C16H16N2O. The van der Waals surface area contributed by atoms with Crippen molar-refractivity contribution in [3.63, 3.8) is 0 Å². The monoisotopic (exact) mass is 252 g/mol. The molecule has 0 atom stereocenters. The predicted molar refractivity (Wildman–Crippen MR) is 78.7 cm³/mol. The Morgan fingerprint density at radius 3 is 2.47 bits per heavy atom. The van der Waals surface area contributed by atoms with Gasteiger partial charge in [0.2, 0.25) is 0 Å². The van der Waals surface area contributed by atoms with E-state index in [1.54, 1.807) is 24.3 Å². The summed E-state index contributed by atoms with van der Waals surface area (Å²) in [5.41, 5.74) is 7.85. The molecule has 2 aromatic carbocycles. The molecule has 0 aliphatic rings. The van der Waals surface area contributed by atoms with Crippen molar-refractivity contribution in [1.29, 1.82) is 0 Å². The number of nitrogen functional groups attached to an aromatic ring is 1. The van der Waals surface area contributed by atoms with Gasteiger partial charge in [0.15, 0.2) is 0 Å². The second-order valence-electron chi connectivity index (χ2n) is 4.11. The molecule has 96 valence electrons. The van der Waals surface area contributed by atoms with E-state index < -0.39 is 0 Å². The topological polar surface area (TPSA) is 55.1 Å². The molecule has 0 unspecified atom stereocenters. The van der Waals surface area contributed by atoms with E-state index in [2.05, 4.69) is 5.32 Å². The Morgan fingerprint density at radius 2 is 1.74 bits per heavy atom. The predicted octanol–water partition coefficient (Wildman–Crippen LogP) is 2.71. The maximum atomic E-state index is 11.9. The molecule has 3 heteroatoms. The number of hydrogen-bond acceptors (Lipinski definition) is 2. The minimum Gasteiger partial charge on any atom is -0.398 e. The van der Waals surface area contributed by atoms with Crippen molar-refractivity contribution in [3.05, 3.63) is 71.8 Å². The second-order valence-corrected chi connectivity index (χ2v) is 4.11. The number of para-hydroxylation sites is 1. The van der Waals surface area contributed by atoms with Gasteiger partial charge in [0.25, 0.3) is 5.91 Å². The first-order valence-electron chi connectivity index (χ1n) is 6.11. The van der Waals surface area contributed by atoms with Gasteiger partial charge in [0.05, 0.1) is 5.56 Å². The zero-order valence-corrected chi connectivity index (χ0v) is 10.5. The fourth-order valence-corrected chi connectivity index (χ4v) is 1.71. The Morgan fingerprint density at radius 1 is 1.05 bits per heavy atom.